The molecule has 1 fully saturated rings. The van der Waals surface area contributed by atoms with Crippen molar-refractivity contribution in [2.75, 3.05) is 31.7 Å². The molecule has 0 saturated heterocycles. The molecule has 1 unspecified atom stereocenters. The molecule has 12 heteroatoms. The normalized spacial score (nSPS) is 14.2. The second kappa shape index (κ2) is 15.8. The van der Waals surface area contributed by atoms with Crippen molar-refractivity contribution in [3.63, 3.8) is 0 Å². The predicted molar refractivity (Wildman–Crippen MR) is 173 cm³/mol. The van der Waals surface area contributed by atoms with Gasteiger partial charge in [0.05, 0.1) is 31.4 Å². The molecule has 2 amide bonds. The molecule has 3 aromatic rings. The standard InChI is InChI=1S/C34H42FN3O7S/c1-5-45-28-17-15-27(16-18-28)38(46(41,42)29-19-20-31(43-3)32(21-29)44-4)23-33(39)37(22-25-11-9-10-14-30(25)35)24(2)34(40)36-26-12-7-6-8-13-26/h9-11,14-21,24,26H,5-8,12-13,22-23H2,1-4H3,(H,36,40). The van der Waals surface area contributed by atoms with E-state index >= 15 is 0 Å². The van der Waals surface area contributed by atoms with E-state index in [0.717, 1.165) is 36.4 Å². The number of anilines is 1. The van der Waals surface area contributed by atoms with E-state index < -0.39 is 34.3 Å². The maximum absolute atomic E-state index is 14.8. The molecule has 10 nitrogen and oxygen atoms in total. The molecule has 1 N–H and O–H groups in total. The van der Waals surface area contributed by atoms with Gasteiger partial charge in [0, 0.05) is 24.2 Å². The number of nitrogens with one attached hydrogen (secondary N) is 1. The van der Waals surface area contributed by atoms with Gasteiger partial charge in [-0.25, -0.2) is 12.8 Å². The van der Waals surface area contributed by atoms with Gasteiger partial charge in [0.15, 0.2) is 11.5 Å². The summed E-state index contributed by atoms with van der Waals surface area (Å²) in [6, 6.07) is 15.4. The first-order chi connectivity index (χ1) is 22.1. The van der Waals surface area contributed by atoms with Crippen molar-refractivity contribution in [1.82, 2.24) is 10.2 Å². The summed E-state index contributed by atoms with van der Waals surface area (Å²) in [5.41, 5.74) is 0.389. The summed E-state index contributed by atoms with van der Waals surface area (Å²) < 4.78 is 60.4. The summed E-state index contributed by atoms with van der Waals surface area (Å²) in [4.78, 5) is 28.7. The van der Waals surface area contributed by atoms with Crippen LogP contribution in [0.5, 0.6) is 17.2 Å². The van der Waals surface area contributed by atoms with Gasteiger partial charge in [0.2, 0.25) is 11.8 Å². The number of nitrogens with zero attached hydrogens (tertiary/aromatic N) is 2. The van der Waals surface area contributed by atoms with Gasteiger partial charge in [-0.1, -0.05) is 37.5 Å². The van der Waals surface area contributed by atoms with E-state index in [9.17, 15) is 22.4 Å². The molecule has 1 aliphatic carbocycles. The van der Waals surface area contributed by atoms with Crippen LogP contribution in [0.15, 0.2) is 71.6 Å². The van der Waals surface area contributed by atoms with E-state index in [1.807, 2.05) is 6.92 Å². The van der Waals surface area contributed by atoms with Crippen molar-refractivity contribution < 1.29 is 36.6 Å². The van der Waals surface area contributed by atoms with Gasteiger partial charge in [-0.3, -0.25) is 13.9 Å². The number of carbonyl (C=O) groups is 2. The molecule has 1 saturated carbocycles. The van der Waals surface area contributed by atoms with Crippen LogP contribution < -0.4 is 23.8 Å². The van der Waals surface area contributed by atoms with Crippen molar-refractivity contribution in [2.24, 2.45) is 0 Å². The number of methoxy groups -OCH3 is 2. The van der Waals surface area contributed by atoms with Crippen LogP contribution in [-0.2, 0) is 26.2 Å². The summed E-state index contributed by atoms with van der Waals surface area (Å²) in [5.74, 6) is -0.564. The molecule has 248 valence electrons. The lowest BCUT2D eigenvalue weighted by atomic mass is 9.95. The molecule has 0 radical (unpaired) electrons. The van der Waals surface area contributed by atoms with Crippen LogP contribution in [0.2, 0.25) is 0 Å². The Kier molecular flexibility index (Phi) is 11.9. The average Bonchev–Trinajstić information content (AvgIpc) is 3.07. The van der Waals surface area contributed by atoms with Crippen molar-refractivity contribution in [3.05, 3.63) is 78.1 Å². The van der Waals surface area contributed by atoms with Gasteiger partial charge in [-0.2, -0.15) is 0 Å². The monoisotopic (exact) mass is 655 g/mol. The van der Waals surface area contributed by atoms with Crippen LogP contribution in [0.3, 0.4) is 0 Å². The Bertz CT molecular complexity index is 1590. The Hall–Kier alpha value is -4.32. The topological polar surface area (TPSA) is 114 Å². The zero-order valence-corrected chi connectivity index (χ0v) is 27.5. The molecule has 1 aliphatic rings. The molecule has 1 atom stereocenters. The molecule has 4 rings (SSSR count). The van der Waals surface area contributed by atoms with Gasteiger partial charge in [0.25, 0.3) is 10.0 Å². The highest BCUT2D eigenvalue weighted by atomic mass is 32.2. The summed E-state index contributed by atoms with van der Waals surface area (Å²) in [5, 5.41) is 3.04. The second-order valence-corrected chi connectivity index (χ2v) is 13.0. The summed E-state index contributed by atoms with van der Waals surface area (Å²) in [6.07, 6.45) is 4.80. The third-order valence-electron chi connectivity index (χ3n) is 8.07. The second-order valence-electron chi connectivity index (χ2n) is 11.1. The highest BCUT2D eigenvalue weighted by Gasteiger charge is 2.34. The third kappa shape index (κ3) is 8.28. The van der Waals surface area contributed by atoms with Gasteiger partial charge >= 0.3 is 0 Å². The Morgan fingerprint density at radius 1 is 0.957 bits per heavy atom. The minimum absolute atomic E-state index is 0.0140. The maximum atomic E-state index is 14.8. The Balaban J connectivity index is 1.72. The summed E-state index contributed by atoms with van der Waals surface area (Å²) in [6.45, 7) is 2.91. The SMILES string of the molecule is CCOc1ccc(N(CC(=O)N(Cc2ccccc2F)C(C)C(=O)NC2CCCCC2)S(=O)(=O)c2ccc(OC)c(OC)c2)cc1. The number of benzene rings is 3. The fraction of sp³-hybridized carbons (Fsp3) is 0.412. The van der Waals surface area contributed by atoms with Gasteiger partial charge in [0.1, 0.15) is 24.2 Å². The van der Waals surface area contributed by atoms with E-state index in [1.165, 1.54) is 67.7 Å². The van der Waals surface area contributed by atoms with Crippen LogP contribution in [-0.4, -0.2) is 64.6 Å². The molecule has 0 bridgehead atoms. The van der Waals surface area contributed by atoms with Crippen LogP contribution in [0, 0.1) is 5.82 Å². The van der Waals surface area contributed by atoms with E-state index in [-0.39, 0.29) is 40.4 Å². The molecule has 0 aliphatic heterocycles. The Morgan fingerprint density at radius 2 is 1.63 bits per heavy atom. The Morgan fingerprint density at radius 3 is 2.26 bits per heavy atom. The fourth-order valence-corrected chi connectivity index (χ4v) is 6.90. The number of hydrogen-bond donors (Lipinski definition) is 1. The number of rotatable bonds is 14. The van der Waals surface area contributed by atoms with E-state index in [4.69, 9.17) is 14.2 Å². The quantitative estimate of drug-likeness (QED) is 0.251. The first-order valence-corrected chi connectivity index (χ1v) is 16.8. The van der Waals surface area contributed by atoms with E-state index in [0.29, 0.717) is 18.1 Å². The lowest BCUT2D eigenvalue weighted by molar-refractivity contribution is -0.139. The molecule has 0 aromatic heterocycles. The minimum Gasteiger partial charge on any atom is -0.494 e. The molecular formula is C34H42FN3O7S. The van der Waals surface area contributed by atoms with Crippen molar-refractivity contribution in [1.29, 1.82) is 0 Å². The van der Waals surface area contributed by atoms with Crippen molar-refractivity contribution in [2.45, 2.75) is 69.5 Å². The van der Waals surface area contributed by atoms with Crippen LogP contribution in [0.1, 0.15) is 51.5 Å². The lowest BCUT2D eigenvalue weighted by Crippen LogP contribution is -2.53. The molecular weight excluding hydrogens is 613 g/mol. The van der Waals surface area contributed by atoms with Gasteiger partial charge in [-0.05, 0) is 69.2 Å². The van der Waals surface area contributed by atoms with Gasteiger partial charge in [-0.15, -0.1) is 0 Å². The maximum Gasteiger partial charge on any atom is 0.264 e. The highest BCUT2D eigenvalue weighted by molar-refractivity contribution is 7.92. The number of carbonyl (C=O) groups excluding carboxylic acids is 2. The van der Waals surface area contributed by atoms with E-state index in [2.05, 4.69) is 5.32 Å². The summed E-state index contributed by atoms with van der Waals surface area (Å²) in [7, 11) is -1.55. The Labute approximate surface area is 270 Å². The summed E-state index contributed by atoms with van der Waals surface area (Å²) >= 11 is 0. The predicted octanol–water partition coefficient (Wildman–Crippen LogP) is 5.30. The molecule has 0 spiro atoms. The number of sulfonamides is 1. The first kappa shape index (κ1) is 34.6. The van der Waals surface area contributed by atoms with E-state index in [1.54, 1.807) is 25.1 Å². The highest BCUT2D eigenvalue weighted by Crippen LogP contribution is 2.33. The van der Waals surface area contributed by atoms with Gasteiger partial charge < -0.3 is 24.4 Å². The van der Waals surface area contributed by atoms with Crippen LogP contribution in [0.25, 0.3) is 0 Å². The smallest absolute Gasteiger partial charge is 0.264 e. The zero-order valence-electron chi connectivity index (χ0n) is 26.7. The van der Waals surface area contributed by atoms with Crippen molar-refractivity contribution >= 4 is 27.5 Å². The first-order valence-electron chi connectivity index (χ1n) is 15.4. The van der Waals surface area contributed by atoms with Crippen molar-refractivity contribution in [3.8, 4) is 17.2 Å². The average molecular weight is 656 g/mol. The number of ether oxygens (including phenoxy) is 3. The number of amides is 2. The van der Waals surface area contributed by atoms with Crippen LogP contribution in [0.4, 0.5) is 10.1 Å². The fourth-order valence-electron chi connectivity index (χ4n) is 5.47. The number of hydrogen-bond acceptors (Lipinski definition) is 7. The molecule has 3 aromatic carbocycles. The minimum atomic E-state index is -4.38. The molecule has 0 heterocycles. The lowest BCUT2D eigenvalue weighted by Gasteiger charge is -2.33. The molecule has 46 heavy (non-hydrogen) atoms. The largest absolute Gasteiger partial charge is 0.494 e. The zero-order chi connectivity index (χ0) is 33.3. The number of halogens is 1. The third-order valence-corrected chi connectivity index (χ3v) is 9.84. The van der Waals surface area contributed by atoms with Crippen LogP contribution >= 0.6 is 0 Å².